The van der Waals surface area contributed by atoms with Crippen LogP contribution in [0.4, 0.5) is 0 Å². The molecule has 4 atom stereocenters. The van der Waals surface area contributed by atoms with Crippen molar-refractivity contribution in [2.45, 2.75) is 63.4 Å². The molecule has 2 bridgehead atoms. The summed E-state index contributed by atoms with van der Waals surface area (Å²) < 4.78 is 2.06. The van der Waals surface area contributed by atoms with Gasteiger partial charge < -0.3 is 4.57 Å². The quantitative estimate of drug-likeness (QED) is 0.569. The number of pyridine rings is 1. The molecule has 0 amide bonds. The predicted octanol–water partition coefficient (Wildman–Crippen LogP) is 4.85. The van der Waals surface area contributed by atoms with Crippen molar-refractivity contribution in [1.82, 2.24) is 14.4 Å². The number of hydrogen-bond donors (Lipinski definition) is 0. The van der Waals surface area contributed by atoms with Crippen LogP contribution in [0.3, 0.4) is 0 Å². The van der Waals surface area contributed by atoms with Gasteiger partial charge in [0.25, 0.3) is 5.56 Å². The molecule has 170 valence electrons. The van der Waals surface area contributed by atoms with Gasteiger partial charge in [-0.1, -0.05) is 66.7 Å². The summed E-state index contributed by atoms with van der Waals surface area (Å²) in [5, 5.41) is 0. The van der Waals surface area contributed by atoms with Gasteiger partial charge in [0.05, 0.1) is 6.04 Å². The van der Waals surface area contributed by atoms with Crippen LogP contribution >= 0.6 is 0 Å². The summed E-state index contributed by atoms with van der Waals surface area (Å²) in [6.07, 6.45) is 4.87. The van der Waals surface area contributed by atoms with Crippen LogP contribution in [0.15, 0.2) is 83.7 Å². The van der Waals surface area contributed by atoms with E-state index in [0.29, 0.717) is 24.0 Å². The first-order chi connectivity index (χ1) is 16.3. The summed E-state index contributed by atoms with van der Waals surface area (Å²) in [6, 6.07) is 29.2. The van der Waals surface area contributed by atoms with Gasteiger partial charge in [-0.3, -0.25) is 14.6 Å². The van der Waals surface area contributed by atoms with Crippen LogP contribution in [-0.2, 0) is 19.6 Å². The standard InChI is InChI=1S/C29H33N3O/c33-29-15-7-13-26-28-18-24(21-32(26)29)17-27-25(14-8-16-31(27)28)30(19-22-9-3-1-4-10-22)20-23-11-5-2-6-12-23/h1-7,9-13,15,24-25,27-28H,8,14,16-21H2/t24-,25+,27-,28-/m1/s1. The molecule has 1 aromatic heterocycles. The van der Waals surface area contributed by atoms with Crippen molar-refractivity contribution in [2.75, 3.05) is 6.54 Å². The number of hydrogen-bond acceptors (Lipinski definition) is 3. The van der Waals surface area contributed by atoms with Gasteiger partial charge in [-0.25, -0.2) is 0 Å². The number of aromatic nitrogens is 1. The Morgan fingerprint density at radius 3 is 2.21 bits per heavy atom. The summed E-state index contributed by atoms with van der Waals surface area (Å²) >= 11 is 0. The summed E-state index contributed by atoms with van der Waals surface area (Å²) in [6.45, 7) is 4.00. The third kappa shape index (κ3) is 4.07. The van der Waals surface area contributed by atoms with Crippen molar-refractivity contribution in [3.63, 3.8) is 0 Å². The van der Waals surface area contributed by atoms with Crippen molar-refractivity contribution < 1.29 is 0 Å². The molecule has 0 aliphatic carbocycles. The van der Waals surface area contributed by atoms with Crippen LogP contribution in [0.5, 0.6) is 0 Å². The van der Waals surface area contributed by atoms with E-state index in [1.807, 2.05) is 6.07 Å². The predicted molar refractivity (Wildman–Crippen MR) is 132 cm³/mol. The minimum absolute atomic E-state index is 0.170. The Hall–Kier alpha value is -2.69. The van der Waals surface area contributed by atoms with Gasteiger partial charge in [0, 0.05) is 43.5 Å². The van der Waals surface area contributed by atoms with Crippen LogP contribution in [-0.4, -0.2) is 33.0 Å². The third-order valence-electron chi connectivity index (χ3n) is 8.11. The van der Waals surface area contributed by atoms with Crippen molar-refractivity contribution in [3.8, 4) is 0 Å². The normalized spacial score (nSPS) is 26.6. The van der Waals surface area contributed by atoms with Crippen LogP contribution in [0, 0.1) is 5.92 Å². The van der Waals surface area contributed by atoms with Crippen LogP contribution in [0.25, 0.3) is 0 Å². The smallest absolute Gasteiger partial charge is 0.250 e. The fraction of sp³-hybridized carbons (Fsp3) is 0.414. The second-order valence-corrected chi connectivity index (χ2v) is 10.1. The minimum atomic E-state index is 0.170. The second-order valence-electron chi connectivity index (χ2n) is 10.1. The summed E-state index contributed by atoms with van der Waals surface area (Å²) in [7, 11) is 0. The zero-order valence-electron chi connectivity index (χ0n) is 19.2. The second kappa shape index (κ2) is 8.92. The highest BCUT2D eigenvalue weighted by Gasteiger charge is 2.46. The number of benzene rings is 2. The highest BCUT2D eigenvalue weighted by Crippen LogP contribution is 2.45. The van der Waals surface area contributed by atoms with E-state index in [2.05, 4.69) is 81.1 Å². The number of rotatable bonds is 5. The molecule has 2 fully saturated rings. The molecule has 3 aromatic rings. The Balaban J connectivity index is 1.33. The lowest BCUT2D eigenvalue weighted by Crippen LogP contribution is -2.60. The highest BCUT2D eigenvalue weighted by atomic mass is 16.1. The number of fused-ring (bicyclic) bond motifs is 6. The molecule has 33 heavy (non-hydrogen) atoms. The summed E-state index contributed by atoms with van der Waals surface area (Å²) in [5.41, 5.74) is 4.18. The lowest BCUT2D eigenvalue weighted by molar-refractivity contribution is -0.0522. The molecule has 0 radical (unpaired) electrons. The molecular formula is C29H33N3O. The molecule has 4 heterocycles. The maximum absolute atomic E-state index is 12.6. The van der Waals surface area contributed by atoms with Crippen molar-refractivity contribution in [3.05, 3.63) is 106 Å². The summed E-state index contributed by atoms with van der Waals surface area (Å²) in [5.74, 6) is 0.597. The first-order valence-electron chi connectivity index (χ1n) is 12.5. The Labute approximate surface area is 196 Å². The first-order valence-corrected chi connectivity index (χ1v) is 12.5. The molecule has 0 unspecified atom stereocenters. The van der Waals surface area contributed by atoms with E-state index in [1.54, 1.807) is 6.07 Å². The van der Waals surface area contributed by atoms with E-state index in [4.69, 9.17) is 0 Å². The van der Waals surface area contributed by atoms with Gasteiger partial charge in [-0.15, -0.1) is 0 Å². The maximum Gasteiger partial charge on any atom is 0.250 e. The average molecular weight is 440 g/mol. The van der Waals surface area contributed by atoms with Gasteiger partial charge in [0.1, 0.15) is 0 Å². The first kappa shape index (κ1) is 20.9. The van der Waals surface area contributed by atoms with Crippen LogP contribution in [0.1, 0.15) is 48.5 Å². The van der Waals surface area contributed by atoms with Crippen molar-refractivity contribution in [1.29, 1.82) is 0 Å². The monoisotopic (exact) mass is 439 g/mol. The number of piperidine rings is 2. The SMILES string of the molecule is O=c1cccc2n1C[C@H]1C[C@H]2N2CCC[C@H](N(Cc3ccccc3)Cc3ccccc3)[C@H]2C1. The molecule has 4 heteroatoms. The van der Waals surface area contributed by atoms with E-state index in [-0.39, 0.29) is 5.56 Å². The molecule has 6 rings (SSSR count). The van der Waals surface area contributed by atoms with E-state index in [1.165, 1.54) is 42.5 Å². The molecule has 0 spiro atoms. The van der Waals surface area contributed by atoms with E-state index < -0.39 is 0 Å². The Kier molecular flexibility index (Phi) is 5.65. The fourth-order valence-corrected chi connectivity index (χ4v) is 6.70. The van der Waals surface area contributed by atoms with Gasteiger partial charge in [0.2, 0.25) is 0 Å². The van der Waals surface area contributed by atoms with Gasteiger partial charge in [0.15, 0.2) is 0 Å². The van der Waals surface area contributed by atoms with Crippen LogP contribution < -0.4 is 5.56 Å². The fourth-order valence-electron chi connectivity index (χ4n) is 6.70. The lowest BCUT2D eigenvalue weighted by Gasteiger charge is -2.55. The minimum Gasteiger partial charge on any atom is -0.311 e. The molecule has 3 aliphatic rings. The maximum atomic E-state index is 12.6. The molecule has 0 saturated carbocycles. The topological polar surface area (TPSA) is 28.5 Å². The molecule has 3 aliphatic heterocycles. The van der Waals surface area contributed by atoms with Gasteiger partial charge >= 0.3 is 0 Å². The molecular weight excluding hydrogens is 406 g/mol. The van der Waals surface area contributed by atoms with Gasteiger partial charge in [-0.05, 0) is 55.3 Å². The van der Waals surface area contributed by atoms with Crippen LogP contribution in [0.2, 0.25) is 0 Å². The Bertz CT molecular complexity index is 1100. The third-order valence-corrected chi connectivity index (χ3v) is 8.11. The zero-order chi connectivity index (χ0) is 22.2. The number of nitrogens with zero attached hydrogens (tertiary/aromatic N) is 3. The Morgan fingerprint density at radius 1 is 0.818 bits per heavy atom. The highest BCUT2D eigenvalue weighted by molar-refractivity contribution is 5.20. The molecule has 0 N–H and O–H groups in total. The molecule has 4 nitrogen and oxygen atoms in total. The van der Waals surface area contributed by atoms with E-state index >= 15 is 0 Å². The molecule has 2 saturated heterocycles. The zero-order valence-corrected chi connectivity index (χ0v) is 19.2. The van der Waals surface area contributed by atoms with Crippen molar-refractivity contribution in [2.24, 2.45) is 5.92 Å². The Morgan fingerprint density at radius 2 is 1.52 bits per heavy atom. The van der Waals surface area contributed by atoms with Gasteiger partial charge in [-0.2, -0.15) is 0 Å². The van der Waals surface area contributed by atoms with Crippen molar-refractivity contribution >= 4 is 0 Å². The van der Waals surface area contributed by atoms with E-state index in [9.17, 15) is 4.79 Å². The average Bonchev–Trinajstić information content (AvgIpc) is 2.85. The van der Waals surface area contributed by atoms with E-state index in [0.717, 1.165) is 26.2 Å². The lowest BCUT2D eigenvalue weighted by atomic mass is 9.76. The summed E-state index contributed by atoms with van der Waals surface area (Å²) in [4.78, 5) is 18.1. The largest absolute Gasteiger partial charge is 0.311 e. The molecule has 2 aromatic carbocycles.